The van der Waals surface area contributed by atoms with Crippen molar-refractivity contribution in [2.75, 3.05) is 0 Å². The lowest BCUT2D eigenvalue weighted by atomic mass is 10.1. The van der Waals surface area contributed by atoms with Gasteiger partial charge >= 0.3 is 5.97 Å². The summed E-state index contributed by atoms with van der Waals surface area (Å²) in [6.45, 7) is 0. The second kappa shape index (κ2) is 4.67. The summed E-state index contributed by atoms with van der Waals surface area (Å²) in [5.41, 5.74) is 3.82. The molecule has 0 unspecified atom stereocenters. The van der Waals surface area contributed by atoms with Crippen molar-refractivity contribution < 1.29 is 9.90 Å². The van der Waals surface area contributed by atoms with Crippen LogP contribution in [0.25, 0.3) is 11.1 Å². The van der Waals surface area contributed by atoms with Crippen molar-refractivity contribution in [2.24, 2.45) is 5.92 Å². The highest BCUT2D eigenvalue weighted by molar-refractivity contribution is 9.10. The van der Waals surface area contributed by atoms with Gasteiger partial charge in [-0.2, -0.15) is 0 Å². The molecule has 0 fully saturated rings. The van der Waals surface area contributed by atoms with Gasteiger partial charge in [0, 0.05) is 4.47 Å². The van der Waals surface area contributed by atoms with Crippen LogP contribution in [0.4, 0.5) is 0 Å². The SMILES string of the molecule is O=C(O)[C@H]1C(c2ccccc2)=C1c1ccc(Br)cc1. The molecule has 94 valence electrons. The fourth-order valence-electron chi connectivity index (χ4n) is 2.36. The van der Waals surface area contributed by atoms with Gasteiger partial charge in [0.05, 0.1) is 0 Å². The highest BCUT2D eigenvalue weighted by Crippen LogP contribution is 2.53. The van der Waals surface area contributed by atoms with Gasteiger partial charge in [0.1, 0.15) is 5.92 Å². The van der Waals surface area contributed by atoms with Crippen LogP contribution in [0, 0.1) is 5.92 Å². The van der Waals surface area contributed by atoms with E-state index >= 15 is 0 Å². The Morgan fingerprint density at radius 1 is 0.895 bits per heavy atom. The molecule has 1 aliphatic carbocycles. The van der Waals surface area contributed by atoms with Gasteiger partial charge in [-0.1, -0.05) is 58.4 Å². The van der Waals surface area contributed by atoms with E-state index in [2.05, 4.69) is 15.9 Å². The number of hydrogen-bond acceptors (Lipinski definition) is 1. The molecular formula is C16H11BrO2. The molecule has 3 heteroatoms. The van der Waals surface area contributed by atoms with E-state index in [4.69, 9.17) is 0 Å². The zero-order valence-electron chi connectivity index (χ0n) is 10.0. The number of carboxylic acid groups (broad SMARTS) is 1. The van der Waals surface area contributed by atoms with Crippen LogP contribution >= 0.6 is 15.9 Å². The third-order valence-corrected chi connectivity index (χ3v) is 3.80. The van der Waals surface area contributed by atoms with E-state index in [-0.39, 0.29) is 0 Å². The number of rotatable bonds is 3. The molecule has 1 N–H and O–H groups in total. The summed E-state index contributed by atoms with van der Waals surface area (Å²) in [4.78, 5) is 11.3. The normalized spacial score (nSPS) is 17.4. The number of carbonyl (C=O) groups is 1. The summed E-state index contributed by atoms with van der Waals surface area (Å²) in [6.07, 6.45) is 0. The lowest BCUT2D eigenvalue weighted by Crippen LogP contribution is -2.01. The minimum Gasteiger partial charge on any atom is -0.481 e. The maximum atomic E-state index is 11.3. The molecule has 0 saturated carbocycles. The standard InChI is InChI=1S/C16H11BrO2/c17-12-8-6-11(7-9-12)14-13(15(14)16(18)19)10-4-2-1-3-5-10/h1-9,15H,(H,18,19)/t15-/m0/s1. The van der Waals surface area contributed by atoms with Gasteiger partial charge in [-0.25, -0.2) is 0 Å². The van der Waals surface area contributed by atoms with E-state index in [1.807, 2.05) is 54.6 Å². The Balaban J connectivity index is 2.04. The maximum absolute atomic E-state index is 11.3. The molecule has 0 heterocycles. The molecule has 2 nitrogen and oxygen atoms in total. The van der Waals surface area contributed by atoms with Crippen molar-refractivity contribution in [3.8, 4) is 0 Å². The monoisotopic (exact) mass is 314 g/mol. The van der Waals surface area contributed by atoms with Crippen molar-refractivity contribution in [3.63, 3.8) is 0 Å². The Labute approximate surface area is 119 Å². The van der Waals surface area contributed by atoms with Gasteiger partial charge in [0.25, 0.3) is 0 Å². The predicted molar refractivity (Wildman–Crippen MR) is 78.5 cm³/mol. The zero-order chi connectivity index (χ0) is 13.4. The molecule has 0 amide bonds. The molecule has 3 rings (SSSR count). The molecule has 0 spiro atoms. The van der Waals surface area contributed by atoms with Crippen molar-refractivity contribution in [1.82, 2.24) is 0 Å². The van der Waals surface area contributed by atoms with Gasteiger partial charge in [-0.05, 0) is 34.4 Å². The van der Waals surface area contributed by atoms with Gasteiger partial charge in [-0.3, -0.25) is 4.79 Å². The first-order valence-electron chi connectivity index (χ1n) is 5.96. The average molecular weight is 315 g/mol. The largest absolute Gasteiger partial charge is 0.481 e. The first kappa shape index (κ1) is 12.2. The van der Waals surface area contributed by atoms with Crippen molar-refractivity contribution >= 4 is 33.0 Å². The van der Waals surface area contributed by atoms with E-state index in [9.17, 15) is 9.90 Å². The Kier molecular flexibility index (Phi) is 2.99. The summed E-state index contributed by atoms with van der Waals surface area (Å²) in [5.74, 6) is -1.25. The second-order valence-corrected chi connectivity index (χ2v) is 5.39. The Morgan fingerprint density at radius 3 is 1.95 bits per heavy atom. The molecule has 2 aromatic rings. The van der Waals surface area contributed by atoms with E-state index in [0.29, 0.717) is 0 Å². The first-order chi connectivity index (χ1) is 9.18. The van der Waals surface area contributed by atoms with Gasteiger partial charge in [0.2, 0.25) is 0 Å². The molecule has 0 aliphatic heterocycles. The molecule has 0 bridgehead atoms. The smallest absolute Gasteiger partial charge is 0.315 e. The van der Waals surface area contributed by atoms with Crippen molar-refractivity contribution in [3.05, 3.63) is 70.2 Å². The molecule has 0 aromatic heterocycles. The van der Waals surface area contributed by atoms with Crippen molar-refractivity contribution in [2.45, 2.75) is 0 Å². The third-order valence-electron chi connectivity index (χ3n) is 3.27. The number of aliphatic carboxylic acids is 1. The van der Waals surface area contributed by atoms with E-state index in [1.165, 1.54) is 0 Å². The maximum Gasteiger partial charge on any atom is 0.315 e. The molecule has 19 heavy (non-hydrogen) atoms. The quantitative estimate of drug-likeness (QED) is 0.927. The zero-order valence-corrected chi connectivity index (χ0v) is 11.6. The second-order valence-electron chi connectivity index (χ2n) is 4.47. The molecule has 1 aliphatic rings. The fraction of sp³-hybridized carbons (Fsp3) is 0.0625. The van der Waals surface area contributed by atoms with E-state index < -0.39 is 11.9 Å². The number of halogens is 1. The van der Waals surface area contributed by atoms with Crippen LogP contribution < -0.4 is 0 Å². The Morgan fingerprint density at radius 2 is 1.42 bits per heavy atom. The lowest BCUT2D eigenvalue weighted by molar-refractivity contribution is -0.137. The molecule has 2 aromatic carbocycles. The highest BCUT2D eigenvalue weighted by atomic mass is 79.9. The van der Waals surface area contributed by atoms with Crippen molar-refractivity contribution in [1.29, 1.82) is 0 Å². The summed E-state index contributed by atoms with van der Waals surface area (Å²) in [6, 6.07) is 17.5. The van der Waals surface area contributed by atoms with E-state index in [1.54, 1.807) is 0 Å². The number of benzene rings is 2. The molecule has 0 radical (unpaired) electrons. The third kappa shape index (κ3) is 2.22. The molecular weight excluding hydrogens is 304 g/mol. The number of carboxylic acids is 1. The summed E-state index contributed by atoms with van der Waals surface area (Å²) in [5, 5.41) is 9.32. The summed E-state index contributed by atoms with van der Waals surface area (Å²) >= 11 is 3.39. The van der Waals surface area contributed by atoms with Crippen LogP contribution in [0.3, 0.4) is 0 Å². The first-order valence-corrected chi connectivity index (χ1v) is 6.76. The van der Waals surface area contributed by atoms with Gasteiger partial charge in [0.15, 0.2) is 0 Å². The summed E-state index contributed by atoms with van der Waals surface area (Å²) in [7, 11) is 0. The minimum absolute atomic E-state index is 0.469. The minimum atomic E-state index is -0.781. The topological polar surface area (TPSA) is 37.3 Å². The van der Waals surface area contributed by atoms with Crippen LogP contribution in [0.15, 0.2) is 59.1 Å². The highest BCUT2D eigenvalue weighted by Gasteiger charge is 2.43. The van der Waals surface area contributed by atoms with Crippen LogP contribution in [0.1, 0.15) is 11.1 Å². The Bertz CT molecular complexity index is 657. The average Bonchev–Trinajstić information content (AvgIpc) is 3.16. The predicted octanol–water partition coefficient (Wildman–Crippen LogP) is 4.07. The molecule has 0 saturated heterocycles. The van der Waals surface area contributed by atoms with Crippen LogP contribution in [0.5, 0.6) is 0 Å². The van der Waals surface area contributed by atoms with Gasteiger partial charge < -0.3 is 5.11 Å². The fourth-order valence-corrected chi connectivity index (χ4v) is 2.62. The van der Waals surface area contributed by atoms with Crippen LogP contribution in [0.2, 0.25) is 0 Å². The van der Waals surface area contributed by atoms with Crippen LogP contribution in [-0.2, 0) is 4.79 Å². The lowest BCUT2D eigenvalue weighted by Gasteiger charge is -1.96. The Hall–Kier alpha value is -1.87. The summed E-state index contributed by atoms with van der Waals surface area (Å²) < 4.78 is 0.991. The molecule has 1 atom stereocenters. The van der Waals surface area contributed by atoms with Gasteiger partial charge in [-0.15, -0.1) is 0 Å². The van der Waals surface area contributed by atoms with Crippen LogP contribution in [-0.4, -0.2) is 11.1 Å². The number of hydrogen-bond donors (Lipinski definition) is 1. The van der Waals surface area contributed by atoms with E-state index in [0.717, 1.165) is 26.7 Å².